The van der Waals surface area contributed by atoms with Crippen molar-refractivity contribution in [2.24, 2.45) is 5.73 Å². The van der Waals surface area contributed by atoms with Crippen LogP contribution in [0.5, 0.6) is 0 Å². The van der Waals surface area contributed by atoms with E-state index in [2.05, 4.69) is 41.1 Å². The van der Waals surface area contributed by atoms with Gasteiger partial charge in [-0.05, 0) is 52.1 Å². The maximum absolute atomic E-state index is 11.2. The van der Waals surface area contributed by atoms with Crippen molar-refractivity contribution < 1.29 is 14.7 Å². The number of aliphatic hydroxyl groups is 1. The van der Waals surface area contributed by atoms with Gasteiger partial charge in [0.2, 0.25) is 6.41 Å². The molecule has 1 aromatic rings. The third-order valence-corrected chi connectivity index (χ3v) is 7.91. The fraction of sp³-hybridized carbons (Fsp3) is 0.714. The van der Waals surface area contributed by atoms with Crippen molar-refractivity contribution in [1.29, 1.82) is 0 Å². The van der Waals surface area contributed by atoms with Crippen molar-refractivity contribution >= 4 is 35.8 Å². The first kappa shape index (κ1) is 34.2. The highest BCUT2D eigenvalue weighted by Gasteiger charge is 2.21. The molecule has 218 valence electrons. The van der Waals surface area contributed by atoms with Crippen LogP contribution >= 0.6 is 11.9 Å². The van der Waals surface area contributed by atoms with E-state index in [1.54, 1.807) is 30.1 Å². The summed E-state index contributed by atoms with van der Waals surface area (Å²) < 4.78 is 2.40. The van der Waals surface area contributed by atoms with Crippen LogP contribution in [0.4, 0.5) is 16.2 Å². The molecule has 2 rings (SSSR count). The Kier molecular flexibility index (Phi) is 16.6. The highest BCUT2D eigenvalue weighted by molar-refractivity contribution is 7.96. The van der Waals surface area contributed by atoms with Gasteiger partial charge in [-0.2, -0.15) is 0 Å². The third kappa shape index (κ3) is 11.5. The third-order valence-electron chi connectivity index (χ3n) is 7.03. The summed E-state index contributed by atoms with van der Waals surface area (Å²) in [6.07, 6.45) is 6.44. The quantitative estimate of drug-likeness (QED) is 0.268. The number of hydrogen-bond acceptors (Lipinski definition) is 7. The van der Waals surface area contributed by atoms with Gasteiger partial charge in [0.15, 0.2) is 0 Å². The molecule has 9 nitrogen and oxygen atoms in total. The highest BCUT2D eigenvalue weighted by atomic mass is 32.2. The number of likely N-dealkylation sites (N-methyl/N-ethyl adjacent to an activating group) is 1. The van der Waals surface area contributed by atoms with Crippen LogP contribution < -0.4 is 15.5 Å². The summed E-state index contributed by atoms with van der Waals surface area (Å²) in [4.78, 5) is 30.0. The van der Waals surface area contributed by atoms with Crippen molar-refractivity contribution in [1.82, 2.24) is 14.1 Å². The van der Waals surface area contributed by atoms with Crippen LogP contribution in [0, 0.1) is 0 Å². The predicted molar refractivity (Wildman–Crippen MR) is 162 cm³/mol. The fourth-order valence-electron chi connectivity index (χ4n) is 4.57. The number of carbonyl (C=O) groups is 2. The van der Waals surface area contributed by atoms with Crippen molar-refractivity contribution in [3.05, 3.63) is 24.3 Å². The zero-order valence-corrected chi connectivity index (χ0v) is 25.5. The molecule has 3 amide bonds. The molecule has 0 aromatic heterocycles. The number of nitrogens with two attached hydrogens (primary N) is 1. The minimum Gasteiger partial charge on any atom is -0.390 e. The molecule has 1 aliphatic heterocycles. The lowest BCUT2D eigenvalue weighted by molar-refractivity contribution is -0.107. The minimum atomic E-state index is -0.563. The molecule has 2 atom stereocenters. The number of primary amides is 1. The van der Waals surface area contributed by atoms with E-state index < -0.39 is 6.03 Å². The zero-order valence-electron chi connectivity index (χ0n) is 24.7. The number of rotatable bonds is 14. The second kappa shape index (κ2) is 18.4. The van der Waals surface area contributed by atoms with E-state index in [9.17, 15) is 14.7 Å². The number of hydrogen-bond donors (Lipinski definition) is 2. The average Bonchev–Trinajstić information content (AvgIpc) is 2.91. The summed E-state index contributed by atoms with van der Waals surface area (Å²) in [5.74, 6) is 0. The van der Waals surface area contributed by atoms with Gasteiger partial charge in [0.1, 0.15) is 0 Å². The molecule has 3 N–H and O–H groups in total. The molecule has 10 heteroatoms. The highest BCUT2D eigenvalue weighted by Crippen LogP contribution is 2.28. The standard InChI is InChI=1S/C16H35N3OS.C12H17N3O2/c1-5-7-8-15(3)18(6-2)14-16(20)13-17-9-11-19(21-4)12-10-17;1-9(2)15(8-16)11-7-5-4-6-10(11)14(3)12(13)17/h15-16,20H,5-14H2,1-4H3;4-9H,1-3H3,(H2,13,17). The van der Waals surface area contributed by atoms with Crippen molar-refractivity contribution in [2.45, 2.75) is 72.1 Å². The van der Waals surface area contributed by atoms with Crippen LogP contribution in [0.25, 0.3) is 0 Å². The van der Waals surface area contributed by atoms with Crippen LogP contribution in [-0.2, 0) is 4.79 Å². The summed E-state index contributed by atoms with van der Waals surface area (Å²) >= 11 is 1.83. The average molecular weight is 553 g/mol. The molecule has 1 heterocycles. The molecule has 0 aliphatic carbocycles. The first-order chi connectivity index (χ1) is 18.1. The van der Waals surface area contributed by atoms with Crippen LogP contribution in [0.2, 0.25) is 0 Å². The largest absolute Gasteiger partial charge is 0.390 e. The SMILES string of the molecule is CC(C)N(C=O)c1ccccc1N(C)C(N)=O.CCCCC(C)N(CC)CC(O)CN1CCN(SC)CC1. The number of nitrogens with zero attached hydrogens (tertiary/aromatic N) is 5. The Morgan fingerprint density at radius 3 is 2.21 bits per heavy atom. The Balaban J connectivity index is 0.000000389. The number of carbonyl (C=O) groups excluding carboxylic acids is 2. The molecular weight excluding hydrogens is 500 g/mol. The summed E-state index contributed by atoms with van der Waals surface area (Å²) in [6, 6.07) is 7.16. The Morgan fingerprint density at radius 1 is 1.13 bits per heavy atom. The monoisotopic (exact) mass is 552 g/mol. The van der Waals surface area contributed by atoms with Gasteiger partial charge in [-0.3, -0.25) is 19.5 Å². The molecule has 1 aliphatic rings. The second-order valence-corrected chi connectivity index (χ2v) is 11.0. The number of aliphatic hydroxyl groups excluding tert-OH is 1. The van der Waals surface area contributed by atoms with E-state index in [0.29, 0.717) is 17.4 Å². The Labute approximate surface area is 235 Å². The minimum absolute atomic E-state index is 0.00919. The lowest BCUT2D eigenvalue weighted by Crippen LogP contribution is -2.49. The number of para-hydroxylation sites is 2. The van der Waals surface area contributed by atoms with Crippen LogP contribution in [-0.4, -0.2) is 109 Å². The molecule has 0 saturated carbocycles. The van der Waals surface area contributed by atoms with Crippen LogP contribution in [0.3, 0.4) is 0 Å². The molecule has 1 aromatic carbocycles. The van der Waals surface area contributed by atoms with E-state index in [0.717, 1.165) is 52.2 Å². The molecule has 1 saturated heterocycles. The Morgan fingerprint density at radius 2 is 1.74 bits per heavy atom. The number of anilines is 2. The van der Waals surface area contributed by atoms with Crippen LogP contribution in [0.15, 0.2) is 24.3 Å². The number of benzene rings is 1. The van der Waals surface area contributed by atoms with Crippen molar-refractivity contribution in [2.75, 3.05) is 68.9 Å². The first-order valence-electron chi connectivity index (χ1n) is 13.9. The van der Waals surface area contributed by atoms with Gasteiger partial charge >= 0.3 is 6.03 Å². The van der Waals surface area contributed by atoms with Gasteiger partial charge in [0.05, 0.1) is 17.5 Å². The Hall–Kier alpha value is -1.85. The molecule has 0 bridgehead atoms. The predicted octanol–water partition coefficient (Wildman–Crippen LogP) is 3.72. The summed E-state index contributed by atoms with van der Waals surface area (Å²) in [5.41, 5.74) is 6.51. The molecule has 0 radical (unpaired) electrons. The van der Waals surface area contributed by atoms with Gasteiger partial charge in [-0.1, -0.05) is 50.8 Å². The van der Waals surface area contributed by atoms with E-state index in [1.807, 2.05) is 31.9 Å². The van der Waals surface area contributed by atoms with E-state index in [1.165, 1.54) is 24.2 Å². The van der Waals surface area contributed by atoms with Gasteiger partial charge in [0.25, 0.3) is 0 Å². The number of amides is 3. The molecule has 2 unspecified atom stereocenters. The smallest absolute Gasteiger partial charge is 0.319 e. The maximum atomic E-state index is 11.2. The van der Waals surface area contributed by atoms with E-state index in [-0.39, 0.29) is 12.1 Å². The topological polar surface area (TPSA) is 96.6 Å². The first-order valence-corrected chi connectivity index (χ1v) is 15.1. The molecule has 0 spiro atoms. The Bertz CT molecular complexity index is 807. The lowest BCUT2D eigenvalue weighted by atomic mass is 10.1. The molecule has 1 fully saturated rings. The van der Waals surface area contributed by atoms with Gasteiger partial charge in [-0.15, -0.1) is 0 Å². The van der Waals surface area contributed by atoms with Gasteiger partial charge in [-0.25, -0.2) is 9.10 Å². The number of urea groups is 1. The number of piperazine rings is 1. The number of β-amino-alcohol motifs (C(OH)–C–C–N with tert-alkyl or cyclic N) is 1. The zero-order chi connectivity index (χ0) is 28.7. The fourth-order valence-corrected chi connectivity index (χ4v) is 5.09. The van der Waals surface area contributed by atoms with E-state index in [4.69, 9.17) is 5.73 Å². The number of unbranched alkanes of at least 4 members (excludes halogenated alkanes) is 1. The summed E-state index contributed by atoms with van der Waals surface area (Å²) in [6.45, 7) is 17.6. The van der Waals surface area contributed by atoms with Crippen molar-refractivity contribution in [3.8, 4) is 0 Å². The molecule has 38 heavy (non-hydrogen) atoms. The normalized spacial score (nSPS) is 16.1. The molecular formula is C28H52N6O3S. The van der Waals surface area contributed by atoms with Gasteiger partial charge < -0.3 is 15.7 Å². The maximum Gasteiger partial charge on any atom is 0.319 e. The van der Waals surface area contributed by atoms with E-state index >= 15 is 0 Å². The van der Waals surface area contributed by atoms with Crippen LogP contribution in [0.1, 0.15) is 53.9 Å². The van der Waals surface area contributed by atoms with Crippen molar-refractivity contribution in [3.63, 3.8) is 0 Å². The second-order valence-electron chi connectivity index (χ2n) is 10.1. The van der Waals surface area contributed by atoms with Gasteiger partial charge in [0, 0.05) is 58.4 Å². The summed E-state index contributed by atoms with van der Waals surface area (Å²) in [7, 11) is 1.57. The summed E-state index contributed by atoms with van der Waals surface area (Å²) in [5, 5.41) is 10.4. The lowest BCUT2D eigenvalue weighted by Gasteiger charge is -2.36.